The third-order valence-corrected chi connectivity index (χ3v) is 4.10. The van der Waals surface area contributed by atoms with E-state index in [1.165, 1.54) is 0 Å². The Morgan fingerprint density at radius 2 is 1.33 bits per heavy atom. The number of aldehydes is 2. The van der Waals surface area contributed by atoms with Gasteiger partial charge in [0.05, 0.1) is 5.41 Å². The number of carbonyl (C=O) groups excluding carboxylic acids is 2. The van der Waals surface area contributed by atoms with E-state index < -0.39 is 5.41 Å². The lowest BCUT2D eigenvalue weighted by molar-refractivity contribution is -0.126. The smallest absolute Gasteiger partial charge is 0.133 e. The van der Waals surface area contributed by atoms with Crippen LogP contribution in [0.2, 0.25) is 0 Å². The van der Waals surface area contributed by atoms with Crippen molar-refractivity contribution in [3.05, 3.63) is 0 Å². The lowest BCUT2D eigenvalue weighted by atomic mass is 9.86. The Balaban J connectivity index is 4.05. The van der Waals surface area contributed by atoms with Crippen LogP contribution in [0.5, 0.6) is 0 Å². The van der Waals surface area contributed by atoms with E-state index in [1.54, 1.807) is 23.5 Å². The highest BCUT2D eigenvalue weighted by atomic mass is 32.2. The highest BCUT2D eigenvalue weighted by Crippen LogP contribution is 2.25. The summed E-state index contributed by atoms with van der Waals surface area (Å²) in [4.78, 5) is 22.0. The molecule has 0 aromatic carbocycles. The third-order valence-electron chi connectivity index (χ3n) is 2.30. The first-order valence-electron chi connectivity index (χ1n) is 5.32. The number of hydrogen-bond donors (Lipinski definition) is 0. The van der Waals surface area contributed by atoms with Gasteiger partial charge in [0.2, 0.25) is 0 Å². The second kappa shape index (κ2) is 9.28. The molecule has 2 nitrogen and oxygen atoms in total. The molecule has 0 aliphatic rings. The van der Waals surface area contributed by atoms with Gasteiger partial charge in [0.1, 0.15) is 12.6 Å². The lowest BCUT2D eigenvalue weighted by Gasteiger charge is -2.20. The van der Waals surface area contributed by atoms with E-state index in [0.29, 0.717) is 12.8 Å². The molecule has 0 amide bonds. The van der Waals surface area contributed by atoms with Crippen LogP contribution in [-0.2, 0) is 9.59 Å². The molecule has 15 heavy (non-hydrogen) atoms. The highest BCUT2D eigenvalue weighted by molar-refractivity contribution is 7.99. The highest BCUT2D eigenvalue weighted by Gasteiger charge is 2.28. The average molecular weight is 248 g/mol. The molecule has 0 aliphatic carbocycles. The van der Waals surface area contributed by atoms with Crippen LogP contribution < -0.4 is 0 Å². The van der Waals surface area contributed by atoms with Gasteiger partial charge < -0.3 is 9.59 Å². The Kier molecular flexibility index (Phi) is 9.30. The van der Waals surface area contributed by atoms with Gasteiger partial charge in [-0.05, 0) is 35.9 Å². The predicted molar refractivity (Wildman–Crippen MR) is 69.8 cm³/mol. The van der Waals surface area contributed by atoms with Crippen LogP contribution in [0, 0.1) is 5.41 Å². The quantitative estimate of drug-likeness (QED) is 0.338. The van der Waals surface area contributed by atoms with Crippen molar-refractivity contribution < 1.29 is 9.59 Å². The lowest BCUT2D eigenvalue weighted by Crippen LogP contribution is -2.26. The molecule has 88 valence electrons. The molecule has 0 bridgehead atoms. The van der Waals surface area contributed by atoms with E-state index in [9.17, 15) is 9.59 Å². The van der Waals surface area contributed by atoms with Gasteiger partial charge >= 0.3 is 0 Å². The Morgan fingerprint density at radius 1 is 0.933 bits per heavy atom. The summed E-state index contributed by atoms with van der Waals surface area (Å²) in [6, 6.07) is 0. The molecule has 0 aromatic heterocycles. The van der Waals surface area contributed by atoms with Gasteiger partial charge in [0.25, 0.3) is 0 Å². The first-order valence-corrected chi connectivity index (χ1v) is 7.63. The fraction of sp³-hybridized carbons (Fsp3) is 0.818. The molecular weight excluding hydrogens is 228 g/mol. The van der Waals surface area contributed by atoms with Gasteiger partial charge in [-0.1, -0.05) is 13.8 Å². The van der Waals surface area contributed by atoms with Crippen LogP contribution >= 0.6 is 23.5 Å². The molecule has 0 saturated carbocycles. The number of thioether (sulfide) groups is 2. The van der Waals surface area contributed by atoms with Crippen LogP contribution in [0.15, 0.2) is 0 Å². The molecule has 0 unspecified atom stereocenters. The Hall–Kier alpha value is 0.0400. The summed E-state index contributed by atoms with van der Waals surface area (Å²) in [7, 11) is 0. The predicted octanol–water partition coefficient (Wildman–Crippen LogP) is 2.66. The molecule has 0 heterocycles. The van der Waals surface area contributed by atoms with E-state index in [2.05, 4.69) is 13.8 Å². The molecule has 0 spiro atoms. The van der Waals surface area contributed by atoms with Crippen molar-refractivity contribution in [1.29, 1.82) is 0 Å². The van der Waals surface area contributed by atoms with Crippen LogP contribution in [0.4, 0.5) is 0 Å². The van der Waals surface area contributed by atoms with Crippen LogP contribution in [0.1, 0.15) is 26.7 Å². The molecule has 0 fully saturated rings. The van der Waals surface area contributed by atoms with Crippen LogP contribution in [0.3, 0.4) is 0 Å². The van der Waals surface area contributed by atoms with Gasteiger partial charge in [0.15, 0.2) is 0 Å². The normalized spacial score (nSPS) is 11.3. The Bertz CT molecular complexity index is 163. The minimum Gasteiger partial charge on any atom is -0.302 e. The minimum atomic E-state index is -0.718. The number of carbonyl (C=O) groups is 2. The number of rotatable bonds is 10. The standard InChI is InChI=1S/C11H20O2S2/c1-3-14-7-5-11(9-12,10-13)6-8-15-4-2/h9-10H,3-8H2,1-2H3. The molecule has 0 aliphatic heterocycles. The summed E-state index contributed by atoms with van der Waals surface area (Å²) in [5.74, 6) is 3.87. The van der Waals surface area contributed by atoms with Gasteiger partial charge in [-0.3, -0.25) is 0 Å². The molecule has 0 rings (SSSR count). The first kappa shape index (κ1) is 15.0. The summed E-state index contributed by atoms with van der Waals surface area (Å²) < 4.78 is 0. The summed E-state index contributed by atoms with van der Waals surface area (Å²) in [6.07, 6.45) is 3.05. The largest absolute Gasteiger partial charge is 0.302 e. The maximum absolute atomic E-state index is 11.0. The van der Waals surface area contributed by atoms with Crippen molar-refractivity contribution in [2.24, 2.45) is 5.41 Å². The van der Waals surface area contributed by atoms with Crippen LogP contribution in [-0.4, -0.2) is 35.6 Å². The second-order valence-corrected chi connectivity index (χ2v) is 6.15. The molecule has 0 atom stereocenters. The molecular formula is C11H20O2S2. The van der Waals surface area contributed by atoms with Gasteiger partial charge in [-0.2, -0.15) is 23.5 Å². The zero-order valence-corrected chi connectivity index (χ0v) is 11.2. The van der Waals surface area contributed by atoms with Gasteiger partial charge in [-0.25, -0.2) is 0 Å². The molecule has 0 radical (unpaired) electrons. The fourth-order valence-electron chi connectivity index (χ4n) is 1.20. The Labute approximate surface area is 101 Å². The first-order chi connectivity index (χ1) is 7.24. The van der Waals surface area contributed by atoms with Crippen molar-refractivity contribution in [3.63, 3.8) is 0 Å². The third kappa shape index (κ3) is 6.25. The zero-order valence-electron chi connectivity index (χ0n) is 9.53. The zero-order chi connectivity index (χ0) is 11.6. The molecule has 0 N–H and O–H groups in total. The minimum absolute atomic E-state index is 0.683. The SMILES string of the molecule is CCSCCC(C=O)(C=O)CCSCC. The van der Waals surface area contributed by atoms with E-state index in [1.807, 2.05) is 0 Å². The van der Waals surface area contributed by atoms with E-state index >= 15 is 0 Å². The summed E-state index contributed by atoms with van der Waals surface area (Å²) >= 11 is 3.56. The summed E-state index contributed by atoms with van der Waals surface area (Å²) in [5, 5.41) is 0. The van der Waals surface area contributed by atoms with Gasteiger partial charge in [0, 0.05) is 0 Å². The van der Waals surface area contributed by atoms with Crippen molar-refractivity contribution in [2.75, 3.05) is 23.0 Å². The number of hydrogen-bond acceptors (Lipinski definition) is 4. The molecule has 0 aromatic rings. The maximum Gasteiger partial charge on any atom is 0.133 e. The summed E-state index contributed by atoms with van der Waals surface area (Å²) in [6.45, 7) is 4.17. The van der Waals surface area contributed by atoms with E-state index in [4.69, 9.17) is 0 Å². The fourth-order valence-corrected chi connectivity index (χ4v) is 2.83. The topological polar surface area (TPSA) is 34.1 Å². The monoisotopic (exact) mass is 248 g/mol. The van der Waals surface area contributed by atoms with Crippen molar-refractivity contribution >= 4 is 36.1 Å². The molecule has 0 saturated heterocycles. The Morgan fingerprint density at radius 3 is 1.60 bits per heavy atom. The second-order valence-electron chi connectivity index (χ2n) is 3.36. The van der Waals surface area contributed by atoms with Crippen LogP contribution in [0.25, 0.3) is 0 Å². The van der Waals surface area contributed by atoms with Gasteiger partial charge in [-0.15, -0.1) is 0 Å². The summed E-state index contributed by atoms with van der Waals surface area (Å²) in [5.41, 5.74) is -0.718. The van der Waals surface area contributed by atoms with Crippen molar-refractivity contribution in [1.82, 2.24) is 0 Å². The van der Waals surface area contributed by atoms with Crippen molar-refractivity contribution in [2.45, 2.75) is 26.7 Å². The van der Waals surface area contributed by atoms with E-state index in [0.717, 1.165) is 35.6 Å². The van der Waals surface area contributed by atoms with E-state index in [-0.39, 0.29) is 0 Å². The molecule has 4 heteroatoms. The van der Waals surface area contributed by atoms with Crippen molar-refractivity contribution in [3.8, 4) is 0 Å². The average Bonchev–Trinajstić information content (AvgIpc) is 2.28. The maximum atomic E-state index is 11.0.